The molecule has 108 valence electrons. The molecule has 1 aliphatic carbocycles. The van der Waals surface area contributed by atoms with Gasteiger partial charge in [0.25, 0.3) is 0 Å². The Bertz CT molecular complexity index is 237. The molecule has 1 rings (SSSR count). The Hall–Kier alpha value is -0.0800. The highest BCUT2D eigenvalue weighted by Crippen LogP contribution is 2.38. The minimum Gasteiger partial charge on any atom is -0.313 e. The lowest BCUT2D eigenvalue weighted by Gasteiger charge is -2.48. The first-order valence-corrected chi connectivity index (χ1v) is 7.94. The van der Waals surface area contributed by atoms with Crippen molar-refractivity contribution < 1.29 is 0 Å². The Kier molecular flexibility index (Phi) is 6.13. The SMILES string of the molecule is CCNC1CCC(C)(C)CC1N(CC)C(C)CC. The normalized spacial score (nSPS) is 29.5. The predicted octanol–water partition coefficient (Wildman–Crippen LogP) is 3.66. The summed E-state index contributed by atoms with van der Waals surface area (Å²) in [7, 11) is 0. The van der Waals surface area contributed by atoms with E-state index < -0.39 is 0 Å². The van der Waals surface area contributed by atoms with Crippen LogP contribution in [-0.2, 0) is 0 Å². The van der Waals surface area contributed by atoms with Gasteiger partial charge in [-0.05, 0) is 51.1 Å². The molecule has 0 aliphatic heterocycles. The summed E-state index contributed by atoms with van der Waals surface area (Å²) >= 11 is 0. The maximum atomic E-state index is 3.72. The van der Waals surface area contributed by atoms with Gasteiger partial charge in [-0.15, -0.1) is 0 Å². The summed E-state index contributed by atoms with van der Waals surface area (Å²) in [5.74, 6) is 0. The van der Waals surface area contributed by atoms with Gasteiger partial charge in [0.05, 0.1) is 0 Å². The standard InChI is InChI=1S/C16H34N2/c1-7-13(4)18(9-3)15-12-16(5,6)11-10-14(15)17-8-2/h13-15,17H,7-12H2,1-6H3. The van der Waals surface area contributed by atoms with Crippen LogP contribution in [0.25, 0.3) is 0 Å². The molecule has 1 N–H and O–H groups in total. The van der Waals surface area contributed by atoms with Crippen molar-refractivity contribution in [3.8, 4) is 0 Å². The first-order chi connectivity index (χ1) is 8.45. The van der Waals surface area contributed by atoms with Gasteiger partial charge in [-0.3, -0.25) is 4.90 Å². The van der Waals surface area contributed by atoms with E-state index in [4.69, 9.17) is 0 Å². The summed E-state index contributed by atoms with van der Waals surface area (Å²) in [6, 6.07) is 2.11. The van der Waals surface area contributed by atoms with Crippen LogP contribution in [0.1, 0.15) is 67.2 Å². The Morgan fingerprint density at radius 2 is 1.94 bits per heavy atom. The lowest BCUT2D eigenvalue weighted by Crippen LogP contribution is -2.56. The van der Waals surface area contributed by atoms with Crippen LogP contribution in [0.3, 0.4) is 0 Å². The fourth-order valence-electron chi connectivity index (χ4n) is 3.51. The van der Waals surface area contributed by atoms with Crippen molar-refractivity contribution in [1.82, 2.24) is 10.2 Å². The second-order valence-electron chi connectivity index (χ2n) is 6.73. The molecule has 0 aromatic heterocycles. The number of hydrogen-bond acceptors (Lipinski definition) is 2. The topological polar surface area (TPSA) is 15.3 Å². The van der Waals surface area contributed by atoms with Gasteiger partial charge in [-0.25, -0.2) is 0 Å². The van der Waals surface area contributed by atoms with Crippen molar-refractivity contribution in [2.75, 3.05) is 13.1 Å². The molecule has 0 amide bonds. The van der Waals surface area contributed by atoms with Gasteiger partial charge < -0.3 is 5.32 Å². The van der Waals surface area contributed by atoms with E-state index in [0.29, 0.717) is 23.5 Å². The third-order valence-corrected chi connectivity index (χ3v) is 4.77. The molecule has 3 atom stereocenters. The lowest BCUT2D eigenvalue weighted by molar-refractivity contribution is 0.0433. The smallest absolute Gasteiger partial charge is 0.0257 e. The number of rotatable bonds is 6. The van der Waals surface area contributed by atoms with Gasteiger partial charge in [-0.2, -0.15) is 0 Å². The summed E-state index contributed by atoms with van der Waals surface area (Å²) in [6.45, 7) is 16.4. The summed E-state index contributed by atoms with van der Waals surface area (Å²) in [6.07, 6.45) is 5.28. The third-order valence-electron chi connectivity index (χ3n) is 4.77. The molecule has 1 fully saturated rings. The fourth-order valence-corrected chi connectivity index (χ4v) is 3.51. The van der Waals surface area contributed by atoms with E-state index in [9.17, 15) is 0 Å². The van der Waals surface area contributed by atoms with Crippen molar-refractivity contribution in [2.24, 2.45) is 5.41 Å². The Labute approximate surface area is 115 Å². The Morgan fingerprint density at radius 3 is 2.44 bits per heavy atom. The molecule has 0 radical (unpaired) electrons. The van der Waals surface area contributed by atoms with E-state index in [0.717, 1.165) is 6.54 Å². The van der Waals surface area contributed by atoms with E-state index in [1.807, 2.05) is 0 Å². The molecule has 0 bridgehead atoms. The first kappa shape index (κ1) is 16.0. The van der Waals surface area contributed by atoms with E-state index in [1.165, 1.54) is 32.2 Å². The monoisotopic (exact) mass is 254 g/mol. The second kappa shape index (κ2) is 6.91. The molecule has 1 saturated carbocycles. The highest BCUT2D eigenvalue weighted by Gasteiger charge is 2.38. The molecule has 18 heavy (non-hydrogen) atoms. The molecule has 0 heterocycles. The summed E-state index contributed by atoms with van der Waals surface area (Å²) in [5, 5.41) is 3.72. The fraction of sp³-hybridized carbons (Fsp3) is 1.00. The van der Waals surface area contributed by atoms with Crippen LogP contribution in [0.15, 0.2) is 0 Å². The van der Waals surface area contributed by atoms with Crippen LogP contribution < -0.4 is 5.32 Å². The molecule has 0 aromatic carbocycles. The first-order valence-electron chi connectivity index (χ1n) is 7.94. The summed E-state index contributed by atoms with van der Waals surface area (Å²) in [4.78, 5) is 2.73. The number of nitrogens with zero attached hydrogens (tertiary/aromatic N) is 1. The van der Waals surface area contributed by atoms with Crippen LogP contribution in [0.2, 0.25) is 0 Å². The van der Waals surface area contributed by atoms with Crippen molar-refractivity contribution in [1.29, 1.82) is 0 Å². The zero-order valence-corrected chi connectivity index (χ0v) is 13.4. The lowest BCUT2D eigenvalue weighted by atomic mass is 9.72. The van der Waals surface area contributed by atoms with Crippen LogP contribution in [-0.4, -0.2) is 36.1 Å². The number of nitrogens with one attached hydrogen (secondary N) is 1. The maximum absolute atomic E-state index is 3.72. The van der Waals surface area contributed by atoms with Gasteiger partial charge in [0.15, 0.2) is 0 Å². The van der Waals surface area contributed by atoms with Gasteiger partial charge in [0.2, 0.25) is 0 Å². The van der Waals surface area contributed by atoms with Crippen molar-refractivity contribution in [3.63, 3.8) is 0 Å². The van der Waals surface area contributed by atoms with Crippen LogP contribution in [0.5, 0.6) is 0 Å². The molecule has 1 aliphatic rings. The zero-order valence-electron chi connectivity index (χ0n) is 13.4. The summed E-state index contributed by atoms with van der Waals surface area (Å²) in [5.41, 5.74) is 0.511. The third kappa shape index (κ3) is 3.96. The average Bonchev–Trinajstić information content (AvgIpc) is 2.32. The van der Waals surface area contributed by atoms with E-state index >= 15 is 0 Å². The average molecular weight is 254 g/mol. The van der Waals surface area contributed by atoms with Crippen molar-refractivity contribution in [3.05, 3.63) is 0 Å². The summed E-state index contributed by atoms with van der Waals surface area (Å²) < 4.78 is 0. The quantitative estimate of drug-likeness (QED) is 0.778. The molecule has 0 saturated heterocycles. The number of hydrogen-bond donors (Lipinski definition) is 1. The molecule has 2 heteroatoms. The van der Waals surface area contributed by atoms with Gasteiger partial charge in [0.1, 0.15) is 0 Å². The van der Waals surface area contributed by atoms with E-state index in [1.54, 1.807) is 0 Å². The Balaban J connectivity index is 2.81. The molecule has 3 unspecified atom stereocenters. The van der Waals surface area contributed by atoms with Crippen LogP contribution in [0, 0.1) is 5.41 Å². The van der Waals surface area contributed by atoms with E-state index in [2.05, 4.69) is 51.8 Å². The van der Waals surface area contributed by atoms with Gasteiger partial charge in [0, 0.05) is 18.1 Å². The van der Waals surface area contributed by atoms with Gasteiger partial charge >= 0.3 is 0 Å². The molecule has 0 spiro atoms. The minimum absolute atomic E-state index is 0.511. The van der Waals surface area contributed by atoms with Gasteiger partial charge in [-0.1, -0.05) is 34.6 Å². The molecular weight excluding hydrogens is 220 g/mol. The largest absolute Gasteiger partial charge is 0.313 e. The Morgan fingerprint density at radius 1 is 1.28 bits per heavy atom. The van der Waals surface area contributed by atoms with E-state index in [-0.39, 0.29) is 0 Å². The maximum Gasteiger partial charge on any atom is 0.0257 e. The molecule has 0 aromatic rings. The van der Waals surface area contributed by atoms with Crippen LogP contribution in [0.4, 0.5) is 0 Å². The molecule has 2 nitrogen and oxygen atoms in total. The highest BCUT2D eigenvalue weighted by atomic mass is 15.2. The second-order valence-corrected chi connectivity index (χ2v) is 6.73. The molecular formula is C16H34N2. The van der Waals surface area contributed by atoms with Crippen molar-refractivity contribution >= 4 is 0 Å². The highest BCUT2D eigenvalue weighted by molar-refractivity contribution is 4.95. The zero-order chi connectivity index (χ0) is 13.8. The number of likely N-dealkylation sites (N-methyl/N-ethyl adjacent to an activating group) is 2. The minimum atomic E-state index is 0.511. The van der Waals surface area contributed by atoms with Crippen molar-refractivity contribution in [2.45, 2.75) is 85.4 Å². The van der Waals surface area contributed by atoms with Crippen LogP contribution >= 0.6 is 0 Å². The predicted molar refractivity (Wildman–Crippen MR) is 81.0 cm³/mol.